The van der Waals surface area contributed by atoms with E-state index in [-0.39, 0.29) is 5.15 Å². The predicted molar refractivity (Wildman–Crippen MR) is 81.9 cm³/mol. The Labute approximate surface area is 130 Å². The molecule has 1 N–H and O–H groups in total. The molecule has 1 aromatic heterocycles. The Kier molecular flexibility index (Phi) is 4.88. The first kappa shape index (κ1) is 14.4. The zero-order chi connectivity index (χ0) is 13.8. The second kappa shape index (κ2) is 6.44. The van der Waals surface area contributed by atoms with Crippen LogP contribution in [0.4, 0.5) is 5.82 Å². The van der Waals surface area contributed by atoms with Gasteiger partial charge in [-0.2, -0.15) is 5.10 Å². The lowest BCUT2D eigenvalue weighted by Gasteiger charge is -2.03. The molecule has 1 heterocycles. The fraction of sp³-hybridized carbons (Fsp3) is 0. The van der Waals surface area contributed by atoms with Crippen molar-refractivity contribution in [3.05, 3.63) is 56.1 Å². The van der Waals surface area contributed by atoms with Crippen molar-refractivity contribution in [3.8, 4) is 0 Å². The molecule has 0 saturated heterocycles. The number of benzene rings is 1. The summed E-state index contributed by atoms with van der Waals surface area (Å²) in [5, 5.41) is 5.46. The molecule has 0 spiro atoms. The molecule has 0 saturated carbocycles. The van der Waals surface area contributed by atoms with Gasteiger partial charge in [0.05, 0.1) is 16.3 Å². The maximum atomic E-state index is 5.94. The largest absolute Gasteiger partial charge is 0.260 e. The second-order valence-electron chi connectivity index (χ2n) is 3.51. The van der Waals surface area contributed by atoms with Gasteiger partial charge in [0.25, 0.3) is 0 Å². The van der Waals surface area contributed by atoms with Crippen LogP contribution in [0.2, 0.25) is 20.2 Å². The number of halogens is 4. The van der Waals surface area contributed by atoms with Crippen molar-refractivity contribution in [2.75, 3.05) is 5.43 Å². The van der Waals surface area contributed by atoms with Crippen LogP contribution in [0.25, 0.3) is 0 Å². The van der Waals surface area contributed by atoms with Crippen molar-refractivity contribution in [2.45, 2.75) is 0 Å². The Morgan fingerprint density at radius 3 is 2.37 bits per heavy atom. The lowest BCUT2D eigenvalue weighted by molar-refractivity contribution is 1.23. The molecule has 98 valence electrons. The van der Waals surface area contributed by atoms with Crippen molar-refractivity contribution in [1.82, 2.24) is 4.98 Å². The SMILES string of the molecule is Clc1ccc(/C=N\Nc2nc(Cl)c(Cl)cc2Cl)cc1. The van der Waals surface area contributed by atoms with Gasteiger partial charge in [-0.15, -0.1) is 0 Å². The molecule has 0 bridgehead atoms. The van der Waals surface area contributed by atoms with E-state index in [1.807, 2.05) is 12.1 Å². The van der Waals surface area contributed by atoms with Gasteiger partial charge in [0, 0.05) is 5.02 Å². The fourth-order valence-electron chi connectivity index (χ4n) is 1.24. The van der Waals surface area contributed by atoms with Crippen molar-refractivity contribution >= 4 is 58.4 Å². The molecule has 0 unspecified atom stereocenters. The highest BCUT2D eigenvalue weighted by Gasteiger charge is 2.06. The normalized spacial score (nSPS) is 10.9. The summed E-state index contributed by atoms with van der Waals surface area (Å²) in [4.78, 5) is 3.97. The number of aromatic nitrogens is 1. The Balaban J connectivity index is 2.10. The minimum absolute atomic E-state index is 0.162. The molecule has 1 aromatic carbocycles. The summed E-state index contributed by atoms with van der Waals surface area (Å²) in [6.45, 7) is 0. The second-order valence-corrected chi connectivity index (χ2v) is 5.12. The molecule has 0 radical (unpaired) electrons. The first-order valence-electron chi connectivity index (χ1n) is 5.12. The van der Waals surface area contributed by atoms with Gasteiger partial charge in [0.2, 0.25) is 0 Å². The molecule has 0 atom stereocenters. The van der Waals surface area contributed by atoms with Gasteiger partial charge >= 0.3 is 0 Å². The van der Waals surface area contributed by atoms with Crippen molar-refractivity contribution < 1.29 is 0 Å². The predicted octanol–water partition coefficient (Wildman–Crippen LogP) is 5.14. The smallest absolute Gasteiger partial charge is 0.166 e. The average Bonchev–Trinajstić information content (AvgIpc) is 2.38. The zero-order valence-corrected chi connectivity index (χ0v) is 12.4. The summed E-state index contributed by atoms with van der Waals surface area (Å²) >= 11 is 23.3. The first-order valence-corrected chi connectivity index (χ1v) is 6.63. The van der Waals surface area contributed by atoms with Gasteiger partial charge in [-0.05, 0) is 23.8 Å². The molecular weight excluding hydrogens is 328 g/mol. The van der Waals surface area contributed by atoms with E-state index in [0.29, 0.717) is 20.9 Å². The molecule has 7 heteroatoms. The average molecular weight is 335 g/mol. The highest BCUT2D eigenvalue weighted by Crippen LogP contribution is 2.28. The first-order chi connectivity index (χ1) is 9.06. The topological polar surface area (TPSA) is 37.3 Å². The van der Waals surface area contributed by atoms with Gasteiger partial charge < -0.3 is 0 Å². The number of nitrogens with zero attached hydrogens (tertiary/aromatic N) is 2. The van der Waals surface area contributed by atoms with Crippen LogP contribution in [0, 0.1) is 0 Å². The fourth-order valence-corrected chi connectivity index (χ4v) is 1.91. The van der Waals surface area contributed by atoms with Gasteiger partial charge in [0.15, 0.2) is 5.82 Å². The molecule has 2 rings (SSSR count). The molecule has 0 aliphatic rings. The highest BCUT2D eigenvalue weighted by atomic mass is 35.5. The van der Waals surface area contributed by atoms with Crippen molar-refractivity contribution in [2.24, 2.45) is 5.10 Å². The lowest BCUT2D eigenvalue weighted by atomic mass is 10.2. The summed E-state index contributed by atoms with van der Waals surface area (Å²) in [7, 11) is 0. The molecule has 0 aliphatic heterocycles. The molecule has 0 fully saturated rings. The Hall–Kier alpha value is -1.00. The minimum Gasteiger partial charge on any atom is -0.260 e. The highest BCUT2D eigenvalue weighted by molar-refractivity contribution is 6.42. The standard InChI is InChI=1S/C12H7Cl4N3/c13-8-3-1-7(2-4-8)6-17-19-12-10(15)5-9(14)11(16)18-12/h1-6H,(H,18,19)/b17-6-. The number of pyridine rings is 1. The van der Waals surface area contributed by atoms with Crippen LogP contribution in [-0.4, -0.2) is 11.2 Å². The maximum absolute atomic E-state index is 5.94. The zero-order valence-electron chi connectivity index (χ0n) is 9.37. The van der Waals surface area contributed by atoms with Gasteiger partial charge in [-0.1, -0.05) is 58.5 Å². The summed E-state index contributed by atoms with van der Waals surface area (Å²) in [5.74, 6) is 0.335. The lowest BCUT2D eigenvalue weighted by Crippen LogP contribution is -1.95. The van der Waals surface area contributed by atoms with Crippen LogP contribution in [0.5, 0.6) is 0 Å². The van der Waals surface area contributed by atoms with Gasteiger partial charge in [-0.25, -0.2) is 4.98 Å². The third-order valence-electron chi connectivity index (χ3n) is 2.14. The Morgan fingerprint density at radius 1 is 1.00 bits per heavy atom. The Bertz CT molecular complexity index is 611. The van der Waals surface area contributed by atoms with Crippen LogP contribution >= 0.6 is 46.4 Å². The van der Waals surface area contributed by atoms with E-state index in [9.17, 15) is 0 Å². The van der Waals surface area contributed by atoms with Gasteiger partial charge in [0.1, 0.15) is 5.15 Å². The minimum atomic E-state index is 0.162. The summed E-state index contributed by atoms with van der Waals surface area (Å²) in [6, 6.07) is 8.70. The number of hydrogen-bond donors (Lipinski definition) is 1. The van der Waals surface area contributed by atoms with Crippen LogP contribution in [0.3, 0.4) is 0 Å². The number of hydrazone groups is 1. The van der Waals surface area contributed by atoms with Crippen LogP contribution in [0.15, 0.2) is 35.4 Å². The van der Waals surface area contributed by atoms with Gasteiger partial charge in [-0.3, -0.25) is 5.43 Å². The van der Waals surface area contributed by atoms with Crippen molar-refractivity contribution in [3.63, 3.8) is 0 Å². The monoisotopic (exact) mass is 333 g/mol. The summed E-state index contributed by atoms with van der Waals surface area (Å²) in [6.07, 6.45) is 1.61. The van der Waals surface area contributed by atoms with E-state index in [1.165, 1.54) is 6.07 Å². The third kappa shape index (κ3) is 3.98. The number of anilines is 1. The molecule has 19 heavy (non-hydrogen) atoms. The summed E-state index contributed by atoms with van der Waals surface area (Å²) in [5.41, 5.74) is 3.58. The van der Waals surface area contributed by atoms with Crippen molar-refractivity contribution in [1.29, 1.82) is 0 Å². The number of hydrogen-bond acceptors (Lipinski definition) is 3. The van der Waals surface area contributed by atoms with Crippen LogP contribution < -0.4 is 5.43 Å². The molecule has 3 nitrogen and oxygen atoms in total. The molecular formula is C12H7Cl4N3. The van der Waals surface area contributed by atoms with Crippen LogP contribution in [0.1, 0.15) is 5.56 Å². The van der Waals surface area contributed by atoms with Crippen LogP contribution in [-0.2, 0) is 0 Å². The molecule has 0 aliphatic carbocycles. The molecule has 2 aromatic rings. The maximum Gasteiger partial charge on any atom is 0.166 e. The number of rotatable bonds is 3. The third-order valence-corrected chi connectivity index (χ3v) is 3.35. The van der Waals surface area contributed by atoms with E-state index < -0.39 is 0 Å². The quantitative estimate of drug-likeness (QED) is 0.479. The van der Waals surface area contributed by atoms with E-state index in [4.69, 9.17) is 46.4 Å². The Morgan fingerprint density at radius 2 is 1.68 bits per heavy atom. The van der Waals surface area contributed by atoms with E-state index in [2.05, 4.69) is 15.5 Å². The molecule has 0 amide bonds. The number of nitrogens with one attached hydrogen (secondary N) is 1. The summed E-state index contributed by atoms with van der Waals surface area (Å²) < 4.78 is 0. The van der Waals surface area contributed by atoms with E-state index in [1.54, 1.807) is 18.3 Å². The van der Waals surface area contributed by atoms with E-state index in [0.717, 1.165) is 5.56 Å². The van der Waals surface area contributed by atoms with E-state index >= 15 is 0 Å².